The lowest BCUT2D eigenvalue weighted by atomic mass is 9.49. The zero-order chi connectivity index (χ0) is 16.1. The first-order valence-corrected chi connectivity index (χ1v) is 9.62. The molecule has 1 spiro atoms. The first-order valence-electron chi connectivity index (χ1n) is 9.62. The Morgan fingerprint density at radius 1 is 1.21 bits per heavy atom. The van der Waals surface area contributed by atoms with Gasteiger partial charge in [-0.1, -0.05) is 6.07 Å². The van der Waals surface area contributed by atoms with E-state index in [9.17, 15) is 10.2 Å². The molecule has 128 valence electrons. The maximum absolute atomic E-state index is 12.0. The maximum Gasteiger partial charge on any atom is 0.165 e. The van der Waals surface area contributed by atoms with E-state index in [1.165, 1.54) is 18.4 Å². The Bertz CT molecular complexity index is 730. The van der Waals surface area contributed by atoms with Gasteiger partial charge >= 0.3 is 0 Å². The van der Waals surface area contributed by atoms with E-state index in [4.69, 9.17) is 4.74 Å². The summed E-state index contributed by atoms with van der Waals surface area (Å²) in [6, 6.07) is 4.07. The van der Waals surface area contributed by atoms with Gasteiger partial charge < -0.3 is 14.9 Å². The number of hydrogen-bond donors (Lipinski definition) is 2. The number of ether oxygens (including phenoxy) is 1. The summed E-state index contributed by atoms with van der Waals surface area (Å²) in [4.78, 5) is 2.58. The zero-order valence-electron chi connectivity index (χ0n) is 14.0. The lowest BCUT2D eigenvalue weighted by molar-refractivity contribution is -0.185. The Kier molecular flexibility index (Phi) is 2.49. The molecule has 2 saturated carbocycles. The van der Waals surface area contributed by atoms with Gasteiger partial charge in [-0.15, -0.1) is 0 Å². The second-order valence-corrected chi connectivity index (χ2v) is 8.75. The van der Waals surface area contributed by atoms with Gasteiger partial charge in [0.2, 0.25) is 0 Å². The van der Waals surface area contributed by atoms with Crippen LogP contribution >= 0.6 is 0 Å². The predicted molar refractivity (Wildman–Crippen MR) is 89.4 cm³/mol. The topological polar surface area (TPSA) is 52.9 Å². The Morgan fingerprint density at radius 3 is 2.92 bits per heavy atom. The van der Waals surface area contributed by atoms with Gasteiger partial charge in [0.1, 0.15) is 6.10 Å². The highest BCUT2D eigenvalue weighted by atomic mass is 16.5. The first-order chi connectivity index (χ1) is 11.6. The minimum atomic E-state index is -0.699. The summed E-state index contributed by atoms with van der Waals surface area (Å²) in [6.07, 6.45) is 7.47. The van der Waals surface area contributed by atoms with E-state index in [2.05, 4.69) is 11.0 Å². The highest BCUT2D eigenvalue weighted by Crippen LogP contribution is 2.65. The van der Waals surface area contributed by atoms with Crippen LogP contribution in [0.3, 0.4) is 0 Å². The monoisotopic (exact) mass is 327 g/mol. The Labute approximate surface area is 142 Å². The van der Waals surface area contributed by atoms with Gasteiger partial charge in [0.05, 0.1) is 11.0 Å². The number of likely N-dealkylation sites (tertiary alicyclic amines) is 1. The minimum absolute atomic E-state index is 0.0316. The fraction of sp³-hybridized carbons (Fsp3) is 0.700. The van der Waals surface area contributed by atoms with Gasteiger partial charge in [-0.05, 0) is 69.0 Å². The van der Waals surface area contributed by atoms with E-state index in [1.807, 2.05) is 0 Å². The Morgan fingerprint density at radius 2 is 2.08 bits per heavy atom. The molecule has 1 aromatic rings. The number of aliphatic hydroxyl groups is 1. The van der Waals surface area contributed by atoms with Gasteiger partial charge in [-0.3, -0.25) is 4.90 Å². The molecule has 4 nitrogen and oxygen atoms in total. The molecule has 5 aliphatic rings. The smallest absolute Gasteiger partial charge is 0.165 e. The number of nitrogens with zero attached hydrogens (tertiary/aromatic N) is 1. The summed E-state index contributed by atoms with van der Waals surface area (Å²) in [7, 11) is 0. The number of hydrogen-bond acceptors (Lipinski definition) is 4. The average Bonchev–Trinajstić information content (AvgIpc) is 3.30. The molecule has 2 aliphatic heterocycles. The van der Waals surface area contributed by atoms with Crippen LogP contribution in [0.15, 0.2) is 12.1 Å². The number of aromatic hydroxyl groups is 1. The quantitative estimate of drug-likeness (QED) is 0.875. The normalized spacial score (nSPS) is 42.5. The zero-order valence-corrected chi connectivity index (χ0v) is 14.0. The van der Waals surface area contributed by atoms with Gasteiger partial charge in [0.15, 0.2) is 11.5 Å². The molecular formula is C20H25NO3. The van der Waals surface area contributed by atoms with E-state index in [-0.39, 0.29) is 23.3 Å². The molecule has 24 heavy (non-hydrogen) atoms. The van der Waals surface area contributed by atoms with E-state index >= 15 is 0 Å². The second kappa shape index (κ2) is 4.28. The van der Waals surface area contributed by atoms with Crippen molar-refractivity contribution in [2.75, 3.05) is 13.1 Å². The van der Waals surface area contributed by atoms with E-state index in [0.29, 0.717) is 5.75 Å². The summed E-state index contributed by atoms with van der Waals surface area (Å²) in [5, 5.41) is 22.4. The molecule has 0 amide bonds. The van der Waals surface area contributed by atoms with Gasteiger partial charge in [0.25, 0.3) is 0 Å². The van der Waals surface area contributed by atoms with Crippen LogP contribution in [0.5, 0.6) is 11.5 Å². The molecule has 0 radical (unpaired) electrons. The third kappa shape index (κ3) is 1.45. The minimum Gasteiger partial charge on any atom is -0.504 e. The second-order valence-electron chi connectivity index (χ2n) is 8.75. The summed E-state index contributed by atoms with van der Waals surface area (Å²) in [6.45, 7) is 2.20. The summed E-state index contributed by atoms with van der Waals surface area (Å²) in [5.41, 5.74) is 1.45. The van der Waals surface area contributed by atoms with Crippen LogP contribution in [0.4, 0.5) is 0 Å². The number of phenols is 1. The molecule has 1 saturated heterocycles. The van der Waals surface area contributed by atoms with Crippen molar-refractivity contribution in [3.8, 4) is 11.5 Å². The van der Waals surface area contributed by atoms with Crippen LogP contribution in [0.1, 0.15) is 49.7 Å². The lowest BCUT2D eigenvalue weighted by Gasteiger charge is -2.63. The molecule has 4 atom stereocenters. The Hall–Kier alpha value is -1.26. The standard InChI is InChI=1S/C20H25NO3/c22-14-6-5-13-10-15-20(23)7-1-2-16-19(20,17(13)18(14)24-16)8-9-21(15)11-12-3-4-12/h5-6,12,15-16,22-23H,1-4,7-11H2. The maximum atomic E-state index is 12.0. The third-order valence-corrected chi connectivity index (χ3v) is 7.66. The van der Waals surface area contributed by atoms with Crippen molar-refractivity contribution in [1.29, 1.82) is 0 Å². The van der Waals surface area contributed by atoms with E-state index in [1.54, 1.807) is 6.07 Å². The Balaban J connectivity index is 1.56. The van der Waals surface area contributed by atoms with Crippen molar-refractivity contribution >= 4 is 0 Å². The van der Waals surface area contributed by atoms with Crippen LogP contribution in [-0.2, 0) is 11.8 Å². The largest absolute Gasteiger partial charge is 0.504 e. The van der Waals surface area contributed by atoms with Crippen LogP contribution in [0.25, 0.3) is 0 Å². The van der Waals surface area contributed by atoms with Crippen molar-refractivity contribution < 1.29 is 14.9 Å². The molecule has 0 aromatic heterocycles. The van der Waals surface area contributed by atoms with Gasteiger partial charge in [-0.2, -0.15) is 0 Å². The van der Waals surface area contributed by atoms with Crippen molar-refractivity contribution in [3.05, 3.63) is 23.3 Å². The molecule has 2 heterocycles. The van der Waals surface area contributed by atoms with Crippen LogP contribution in [-0.4, -0.2) is 45.9 Å². The van der Waals surface area contributed by atoms with Crippen molar-refractivity contribution in [2.24, 2.45) is 5.92 Å². The lowest BCUT2D eigenvalue weighted by Crippen LogP contribution is -2.75. The molecule has 6 rings (SSSR count). The highest BCUT2D eigenvalue weighted by Gasteiger charge is 2.71. The summed E-state index contributed by atoms with van der Waals surface area (Å²) >= 11 is 0. The predicted octanol–water partition coefficient (Wildman–Crippen LogP) is 2.35. The molecule has 1 aromatic carbocycles. The molecule has 4 unspecified atom stereocenters. The van der Waals surface area contributed by atoms with Crippen LogP contribution in [0.2, 0.25) is 0 Å². The van der Waals surface area contributed by atoms with Crippen molar-refractivity contribution in [2.45, 2.75) is 68.1 Å². The summed E-state index contributed by atoms with van der Waals surface area (Å²) < 4.78 is 6.27. The third-order valence-electron chi connectivity index (χ3n) is 7.66. The number of piperidine rings is 1. The molecule has 2 bridgehead atoms. The fourth-order valence-electron chi connectivity index (χ4n) is 6.48. The van der Waals surface area contributed by atoms with Gasteiger partial charge in [-0.25, -0.2) is 0 Å². The van der Waals surface area contributed by atoms with Crippen molar-refractivity contribution in [1.82, 2.24) is 4.90 Å². The molecule has 4 heteroatoms. The molecule has 3 fully saturated rings. The first kappa shape index (κ1) is 14.0. The van der Waals surface area contributed by atoms with Crippen molar-refractivity contribution in [3.63, 3.8) is 0 Å². The molecule has 2 N–H and O–H groups in total. The SMILES string of the molecule is Oc1ccc2c3c1OC1CCCC4(O)C(C2)N(CC2CC2)CCC314. The summed E-state index contributed by atoms with van der Waals surface area (Å²) in [5.74, 6) is 1.77. The number of phenolic OH excluding ortho intramolecular Hbond substituents is 1. The number of rotatable bonds is 2. The van der Waals surface area contributed by atoms with E-state index < -0.39 is 5.60 Å². The van der Waals surface area contributed by atoms with E-state index in [0.717, 1.165) is 56.7 Å². The highest BCUT2D eigenvalue weighted by molar-refractivity contribution is 5.62. The number of benzene rings is 1. The average molecular weight is 327 g/mol. The van der Waals surface area contributed by atoms with Crippen LogP contribution in [0, 0.1) is 5.92 Å². The molecule has 3 aliphatic carbocycles. The van der Waals surface area contributed by atoms with Crippen LogP contribution < -0.4 is 4.74 Å². The van der Waals surface area contributed by atoms with Gasteiger partial charge in [0, 0.05) is 18.2 Å². The fourth-order valence-corrected chi connectivity index (χ4v) is 6.48. The molecular weight excluding hydrogens is 302 g/mol.